The van der Waals surface area contributed by atoms with Gasteiger partial charge >= 0.3 is 0 Å². The highest BCUT2D eigenvalue weighted by Crippen LogP contribution is 2.33. The number of aryl methyl sites for hydroxylation is 1. The Morgan fingerprint density at radius 2 is 2.00 bits per heavy atom. The molecule has 20 heavy (non-hydrogen) atoms. The third-order valence-corrected chi connectivity index (χ3v) is 4.71. The van der Waals surface area contributed by atoms with E-state index in [4.69, 9.17) is 0 Å². The molecule has 106 valence electrons. The lowest BCUT2D eigenvalue weighted by Crippen LogP contribution is -2.62. The summed E-state index contributed by atoms with van der Waals surface area (Å²) in [5.74, 6) is 0.120. The van der Waals surface area contributed by atoms with Crippen molar-refractivity contribution in [2.45, 2.75) is 38.8 Å². The highest BCUT2D eigenvalue weighted by molar-refractivity contribution is 9.10. The van der Waals surface area contributed by atoms with Crippen LogP contribution in [0.2, 0.25) is 0 Å². The Kier molecular flexibility index (Phi) is 3.32. The molecule has 2 saturated heterocycles. The number of amides is 2. The molecule has 3 rings (SSSR count). The van der Waals surface area contributed by atoms with Crippen molar-refractivity contribution in [3.8, 4) is 0 Å². The van der Waals surface area contributed by atoms with Crippen molar-refractivity contribution >= 4 is 33.4 Å². The molecule has 1 aromatic rings. The van der Waals surface area contributed by atoms with E-state index in [0.29, 0.717) is 6.54 Å². The molecule has 0 saturated carbocycles. The van der Waals surface area contributed by atoms with Gasteiger partial charge in [-0.2, -0.15) is 0 Å². The third-order valence-electron chi connectivity index (χ3n) is 4.22. The summed E-state index contributed by atoms with van der Waals surface area (Å²) in [6, 6.07) is 5.11. The first kappa shape index (κ1) is 13.6. The van der Waals surface area contributed by atoms with Crippen LogP contribution in [-0.4, -0.2) is 35.3 Å². The molecule has 2 unspecified atom stereocenters. The van der Waals surface area contributed by atoms with Crippen LogP contribution in [-0.2, 0) is 9.59 Å². The third kappa shape index (κ3) is 1.95. The summed E-state index contributed by atoms with van der Waals surface area (Å²) in [5, 5.41) is 0. The van der Waals surface area contributed by atoms with Gasteiger partial charge in [-0.1, -0.05) is 15.9 Å². The van der Waals surface area contributed by atoms with Gasteiger partial charge in [0.05, 0.1) is 0 Å². The van der Waals surface area contributed by atoms with Crippen LogP contribution in [0.5, 0.6) is 0 Å². The zero-order valence-corrected chi connectivity index (χ0v) is 13.2. The molecule has 0 radical (unpaired) electrons. The predicted molar refractivity (Wildman–Crippen MR) is 80.6 cm³/mol. The molecule has 0 spiro atoms. The molecule has 2 heterocycles. The molecule has 2 amide bonds. The SMILES string of the molecule is Cc1cc(Br)ccc1N1C(=O)C2CCCN2C(=O)C1C. The summed E-state index contributed by atoms with van der Waals surface area (Å²) in [6.07, 6.45) is 1.70. The number of rotatable bonds is 1. The number of fused-ring (bicyclic) bond motifs is 1. The van der Waals surface area contributed by atoms with Crippen LogP contribution in [0.3, 0.4) is 0 Å². The summed E-state index contributed by atoms with van der Waals surface area (Å²) >= 11 is 3.43. The van der Waals surface area contributed by atoms with E-state index in [1.807, 2.05) is 32.0 Å². The molecule has 2 atom stereocenters. The lowest BCUT2D eigenvalue weighted by Gasteiger charge is -2.41. The van der Waals surface area contributed by atoms with Gasteiger partial charge in [0.25, 0.3) is 5.91 Å². The van der Waals surface area contributed by atoms with E-state index in [0.717, 1.165) is 28.6 Å². The molecule has 0 bridgehead atoms. The molecular formula is C15H17BrN2O2. The van der Waals surface area contributed by atoms with Crippen molar-refractivity contribution in [2.24, 2.45) is 0 Å². The van der Waals surface area contributed by atoms with Gasteiger partial charge in [-0.05, 0) is 50.5 Å². The average molecular weight is 337 g/mol. The van der Waals surface area contributed by atoms with Crippen LogP contribution < -0.4 is 4.90 Å². The topological polar surface area (TPSA) is 40.6 Å². The van der Waals surface area contributed by atoms with Gasteiger partial charge in [-0.3, -0.25) is 14.5 Å². The number of hydrogen-bond donors (Lipinski definition) is 0. The maximum atomic E-state index is 12.7. The Morgan fingerprint density at radius 3 is 2.70 bits per heavy atom. The number of nitrogens with zero attached hydrogens (tertiary/aromatic N) is 2. The summed E-state index contributed by atoms with van der Waals surface area (Å²) in [5.41, 5.74) is 1.84. The standard InChI is InChI=1S/C15H17BrN2O2/c1-9-8-11(16)5-6-12(9)18-10(2)14(19)17-7-3-4-13(17)15(18)20/h5-6,8,10,13H,3-4,7H2,1-2H3. The van der Waals surface area contributed by atoms with E-state index >= 15 is 0 Å². The molecule has 5 heteroatoms. The predicted octanol–water partition coefficient (Wildman–Crippen LogP) is 2.48. The highest BCUT2D eigenvalue weighted by atomic mass is 79.9. The summed E-state index contributed by atoms with van der Waals surface area (Å²) in [7, 11) is 0. The molecule has 4 nitrogen and oxygen atoms in total. The van der Waals surface area contributed by atoms with E-state index in [1.165, 1.54) is 0 Å². The Balaban J connectivity index is 2.03. The van der Waals surface area contributed by atoms with E-state index in [-0.39, 0.29) is 17.9 Å². The minimum absolute atomic E-state index is 0.0556. The summed E-state index contributed by atoms with van der Waals surface area (Å²) < 4.78 is 0.977. The second kappa shape index (κ2) is 4.88. The zero-order valence-electron chi connectivity index (χ0n) is 11.6. The van der Waals surface area contributed by atoms with E-state index < -0.39 is 6.04 Å². The van der Waals surface area contributed by atoms with Crippen molar-refractivity contribution < 1.29 is 9.59 Å². The molecule has 0 aliphatic carbocycles. The normalized spacial score (nSPS) is 26.1. The van der Waals surface area contributed by atoms with Crippen LogP contribution in [0.15, 0.2) is 22.7 Å². The number of halogens is 1. The van der Waals surface area contributed by atoms with Crippen molar-refractivity contribution in [3.05, 3.63) is 28.2 Å². The molecule has 2 fully saturated rings. The monoisotopic (exact) mass is 336 g/mol. The number of carbonyl (C=O) groups excluding carboxylic acids is 2. The second-order valence-corrected chi connectivity index (χ2v) is 6.42. The lowest BCUT2D eigenvalue weighted by atomic mass is 10.0. The minimum Gasteiger partial charge on any atom is -0.329 e. The van der Waals surface area contributed by atoms with Gasteiger partial charge in [-0.15, -0.1) is 0 Å². The molecule has 0 N–H and O–H groups in total. The van der Waals surface area contributed by atoms with Crippen molar-refractivity contribution in [1.82, 2.24) is 4.90 Å². The van der Waals surface area contributed by atoms with Gasteiger partial charge < -0.3 is 4.90 Å². The largest absolute Gasteiger partial charge is 0.329 e. The summed E-state index contributed by atoms with van der Waals surface area (Å²) in [6.45, 7) is 4.49. The number of hydrogen-bond acceptors (Lipinski definition) is 2. The fraction of sp³-hybridized carbons (Fsp3) is 0.467. The molecule has 2 aliphatic rings. The Labute approximate surface area is 126 Å². The van der Waals surface area contributed by atoms with Crippen LogP contribution >= 0.6 is 15.9 Å². The first-order valence-corrected chi connectivity index (χ1v) is 7.69. The zero-order chi connectivity index (χ0) is 14.4. The number of piperazine rings is 1. The number of carbonyl (C=O) groups is 2. The van der Waals surface area contributed by atoms with Gasteiger partial charge in [0.1, 0.15) is 12.1 Å². The van der Waals surface area contributed by atoms with Crippen LogP contribution in [0.1, 0.15) is 25.3 Å². The quantitative estimate of drug-likeness (QED) is 0.790. The maximum Gasteiger partial charge on any atom is 0.250 e. The average Bonchev–Trinajstić information content (AvgIpc) is 2.88. The lowest BCUT2D eigenvalue weighted by molar-refractivity contribution is -0.143. The Bertz CT molecular complexity index is 587. The van der Waals surface area contributed by atoms with Gasteiger partial charge in [0.15, 0.2) is 0 Å². The molecular weight excluding hydrogens is 320 g/mol. The fourth-order valence-corrected chi connectivity index (χ4v) is 3.68. The Hall–Kier alpha value is -1.36. The molecule has 1 aromatic carbocycles. The highest BCUT2D eigenvalue weighted by Gasteiger charge is 2.46. The van der Waals surface area contributed by atoms with E-state index in [9.17, 15) is 9.59 Å². The van der Waals surface area contributed by atoms with Crippen LogP contribution in [0.25, 0.3) is 0 Å². The number of benzene rings is 1. The first-order valence-electron chi connectivity index (χ1n) is 6.90. The van der Waals surface area contributed by atoms with Crippen molar-refractivity contribution in [1.29, 1.82) is 0 Å². The smallest absolute Gasteiger partial charge is 0.250 e. The summed E-state index contributed by atoms with van der Waals surface area (Å²) in [4.78, 5) is 28.6. The van der Waals surface area contributed by atoms with Crippen LogP contribution in [0, 0.1) is 6.92 Å². The first-order chi connectivity index (χ1) is 9.50. The Morgan fingerprint density at radius 1 is 1.25 bits per heavy atom. The van der Waals surface area contributed by atoms with E-state index in [2.05, 4.69) is 15.9 Å². The molecule has 0 aromatic heterocycles. The van der Waals surface area contributed by atoms with Crippen LogP contribution in [0.4, 0.5) is 5.69 Å². The second-order valence-electron chi connectivity index (χ2n) is 5.50. The molecule has 2 aliphatic heterocycles. The van der Waals surface area contributed by atoms with E-state index in [1.54, 1.807) is 9.80 Å². The van der Waals surface area contributed by atoms with Crippen molar-refractivity contribution in [3.63, 3.8) is 0 Å². The van der Waals surface area contributed by atoms with Gasteiger partial charge in [0.2, 0.25) is 5.91 Å². The number of anilines is 1. The van der Waals surface area contributed by atoms with Gasteiger partial charge in [0, 0.05) is 16.7 Å². The van der Waals surface area contributed by atoms with Gasteiger partial charge in [-0.25, -0.2) is 0 Å². The van der Waals surface area contributed by atoms with Crippen molar-refractivity contribution in [2.75, 3.05) is 11.4 Å². The maximum absolute atomic E-state index is 12.7. The minimum atomic E-state index is -0.420. The fourth-order valence-electron chi connectivity index (χ4n) is 3.21.